The zero-order valence-electron chi connectivity index (χ0n) is 18.8. The highest BCUT2D eigenvalue weighted by molar-refractivity contribution is 6.31. The number of likely N-dealkylation sites (N-methyl/N-ethyl adjacent to an activating group) is 1. The number of hydrogen-bond donors (Lipinski definition) is 3. The predicted molar refractivity (Wildman–Crippen MR) is 127 cm³/mol. The number of amides is 3. The maximum absolute atomic E-state index is 14.2. The molecule has 0 aromatic heterocycles. The first kappa shape index (κ1) is 26.0. The van der Waals surface area contributed by atoms with Crippen LogP contribution in [0.25, 0.3) is 0 Å². The molecule has 0 saturated carbocycles. The van der Waals surface area contributed by atoms with Crippen molar-refractivity contribution in [3.63, 3.8) is 0 Å². The molecule has 4 N–H and O–H groups in total. The average molecular weight is 475 g/mol. The van der Waals surface area contributed by atoms with E-state index in [1.165, 1.54) is 36.2 Å². The van der Waals surface area contributed by atoms with Crippen LogP contribution in [0.3, 0.4) is 0 Å². The van der Waals surface area contributed by atoms with Crippen molar-refractivity contribution in [2.75, 3.05) is 18.5 Å². The van der Waals surface area contributed by atoms with Crippen LogP contribution in [-0.2, 0) is 14.4 Å². The molecule has 0 aliphatic heterocycles. The Morgan fingerprint density at radius 3 is 2.42 bits per heavy atom. The third-order valence-electron chi connectivity index (χ3n) is 5.09. The van der Waals surface area contributed by atoms with Gasteiger partial charge in [-0.15, -0.1) is 0 Å². The number of nitrogens with two attached hydrogens (primary N) is 1. The van der Waals surface area contributed by atoms with E-state index in [9.17, 15) is 18.8 Å². The molecule has 1 atom stereocenters. The van der Waals surface area contributed by atoms with Gasteiger partial charge in [-0.2, -0.15) is 0 Å². The smallest absolute Gasteiger partial charge is 0.246 e. The van der Waals surface area contributed by atoms with Gasteiger partial charge in [-0.25, -0.2) is 4.39 Å². The summed E-state index contributed by atoms with van der Waals surface area (Å²) in [6, 6.07) is 10.5. The molecule has 9 heteroatoms. The Morgan fingerprint density at radius 2 is 1.82 bits per heavy atom. The molecule has 0 heterocycles. The van der Waals surface area contributed by atoms with Crippen molar-refractivity contribution < 1.29 is 18.8 Å². The molecule has 176 valence electrons. The van der Waals surface area contributed by atoms with E-state index in [0.29, 0.717) is 17.1 Å². The predicted octanol–water partition coefficient (Wildman–Crippen LogP) is 3.51. The lowest BCUT2D eigenvalue weighted by molar-refractivity contribution is -0.131. The Kier molecular flexibility index (Phi) is 9.11. The summed E-state index contributed by atoms with van der Waals surface area (Å²) >= 11 is 6.10. The molecule has 33 heavy (non-hydrogen) atoms. The third kappa shape index (κ3) is 7.12. The van der Waals surface area contributed by atoms with Gasteiger partial charge >= 0.3 is 0 Å². The van der Waals surface area contributed by atoms with Crippen molar-refractivity contribution in [3.8, 4) is 0 Å². The number of carbonyl (C=O) groups is 3. The molecule has 1 unspecified atom stereocenters. The number of halogens is 2. The summed E-state index contributed by atoms with van der Waals surface area (Å²) in [5.41, 5.74) is 5.79. The molecular formula is C24H28ClFN4O3. The van der Waals surface area contributed by atoms with Crippen LogP contribution in [0.4, 0.5) is 10.1 Å². The standard InChI is InChI=1S/C24H28ClFN4O3/c1-14(2)10-15(11-21(27)31)24(33)29-13-22(32)30(3)20-9-8-16(25)12-18(20)23(28)17-6-4-5-7-19(17)26/h4-9,12,14-15,28H,10-11,13H2,1-3H3,(H2,27,31)(H,29,33). The van der Waals surface area contributed by atoms with Crippen molar-refractivity contribution >= 4 is 40.7 Å². The first-order valence-corrected chi connectivity index (χ1v) is 10.8. The van der Waals surface area contributed by atoms with E-state index in [1.54, 1.807) is 18.2 Å². The molecule has 0 radical (unpaired) electrons. The van der Waals surface area contributed by atoms with Crippen LogP contribution < -0.4 is 16.0 Å². The largest absolute Gasteiger partial charge is 0.370 e. The van der Waals surface area contributed by atoms with Gasteiger partial charge in [0.05, 0.1) is 17.9 Å². The minimum absolute atomic E-state index is 0.0677. The number of primary amides is 1. The molecule has 2 rings (SSSR count). The van der Waals surface area contributed by atoms with Gasteiger partial charge < -0.3 is 16.0 Å². The van der Waals surface area contributed by atoms with E-state index in [4.69, 9.17) is 22.7 Å². The van der Waals surface area contributed by atoms with E-state index in [1.807, 2.05) is 13.8 Å². The van der Waals surface area contributed by atoms with Gasteiger partial charge in [-0.3, -0.25) is 19.8 Å². The summed E-state index contributed by atoms with van der Waals surface area (Å²) in [7, 11) is 1.49. The first-order chi connectivity index (χ1) is 15.5. The quantitative estimate of drug-likeness (QED) is 0.457. The van der Waals surface area contributed by atoms with Gasteiger partial charge in [0.2, 0.25) is 17.7 Å². The molecule has 0 aliphatic rings. The van der Waals surface area contributed by atoms with Crippen LogP contribution in [-0.4, -0.2) is 37.0 Å². The number of carbonyl (C=O) groups excluding carboxylic acids is 3. The van der Waals surface area contributed by atoms with E-state index >= 15 is 0 Å². The number of nitrogens with zero attached hydrogens (tertiary/aromatic N) is 1. The second kappa shape index (κ2) is 11.6. The summed E-state index contributed by atoms with van der Waals surface area (Å²) in [5, 5.41) is 11.4. The van der Waals surface area contributed by atoms with Gasteiger partial charge in [0.25, 0.3) is 0 Å². The molecule has 0 spiro atoms. The molecule has 3 amide bonds. The van der Waals surface area contributed by atoms with Gasteiger partial charge in [0, 0.05) is 35.5 Å². The molecule has 7 nitrogen and oxygen atoms in total. The van der Waals surface area contributed by atoms with Gasteiger partial charge in [-0.1, -0.05) is 37.6 Å². The molecule has 2 aromatic carbocycles. The molecule has 0 aliphatic carbocycles. The number of benzene rings is 2. The molecule has 2 aromatic rings. The molecular weight excluding hydrogens is 447 g/mol. The second-order valence-corrected chi connectivity index (χ2v) is 8.62. The fourth-order valence-corrected chi connectivity index (χ4v) is 3.64. The van der Waals surface area contributed by atoms with Crippen molar-refractivity contribution in [2.45, 2.75) is 26.7 Å². The van der Waals surface area contributed by atoms with E-state index in [-0.39, 0.29) is 35.7 Å². The summed E-state index contributed by atoms with van der Waals surface area (Å²) in [6.07, 6.45) is 0.356. The molecule has 0 bridgehead atoms. The lowest BCUT2D eigenvalue weighted by atomic mass is 9.93. The minimum atomic E-state index is -0.624. The Bertz CT molecular complexity index is 1060. The van der Waals surface area contributed by atoms with Crippen molar-refractivity contribution in [1.82, 2.24) is 5.32 Å². The van der Waals surface area contributed by atoms with Crippen molar-refractivity contribution in [3.05, 3.63) is 64.4 Å². The topological polar surface area (TPSA) is 116 Å². The van der Waals surface area contributed by atoms with Crippen LogP contribution in [0.2, 0.25) is 5.02 Å². The van der Waals surface area contributed by atoms with Crippen LogP contribution in [0, 0.1) is 23.1 Å². The van der Waals surface area contributed by atoms with E-state index in [2.05, 4.69) is 5.32 Å². The summed E-state index contributed by atoms with van der Waals surface area (Å²) < 4.78 is 14.2. The third-order valence-corrected chi connectivity index (χ3v) is 5.33. The highest BCUT2D eigenvalue weighted by Crippen LogP contribution is 2.27. The SMILES string of the molecule is CC(C)CC(CC(N)=O)C(=O)NCC(=O)N(C)c1ccc(Cl)cc1C(=N)c1ccccc1F. The Hall–Kier alpha value is -3.26. The second-order valence-electron chi connectivity index (χ2n) is 8.18. The first-order valence-electron chi connectivity index (χ1n) is 10.5. The van der Waals surface area contributed by atoms with Crippen LogP contribution >= 0.6 is 11.6 Å². The Balaban J connectivity index is 2.20. The Morgan fingerprint density at radius 1 is 1.15 bits per heavy atom. The number of anilines is 1. The van der Waals surface area contributed by atoms with E-state index in [0.717, 1.165) is 0 Å². The summed E-state index contributed by atoms with van der Waals surface area (Å²) in [6.45, 7) is 3.53. The highest BCUT2D eigenvalue weighted by Gasteiger charge is 2.24. The zero-order valence-corrected chi connectivity index (χ0v) is 19.6. The molecule has 0 saturated heterocycles. The summed E-state index contributed by atoms with van der Waals surface area (Å²) in [4.78, 5) is 37.9. The van der Waals surface area contributed by atoms with Crippen LogP contribution in [0.1, 0.15) is 37.8 Å². The van der Waals surface area contributed by atoms with E-state index < -0.39 is 29.5 Å². The van der Waals surface area contributed by atoms with Crippen molar-refractivity contribution in [2.24, 2.45) is 17.6 Å². The highest BCUT2D eigenvalue weighted by atomic mass is 35.5. The van der Waals surface area contributed by atoms with Crippen molar-refractivity contribution in [1.29, 1.82) is 5.41 Å². The van der Waals surface area contributed by atoms with Gasteiger partial charge in [0.15, 0.2) is 0 Å². The lowest BCUT2D eigenvalue weighted by Crippen LogP contribution is -2.42. The molecule has 0 fully saturated rings. The zero-order chi connectivity index (χ0) is 24.7. The minimum Gasteiger partial charge on any atom is -0.370 e. The monoisotopic (exact) mass is 474 g/mol. The Labute approximate surface area is 197 Å². The number of nitrogens with one attached hydrogen (secondary N) is 2. The number of hydrogen-bond acceptors (Lipinski definition) is 4. The maximum Gasteiger partial charge on any atom is 0.246 e. The maximum atomic E-state index is 14.2. The fourth-order valence-electron chi connectivity index (χ4n) is 3.46. The van der Waals surface area contributed by atoms with Gasteiger partial charge in [0.1, 0.15) is 5.82 Å². The summed E-state index contributed by atoms with van der Waals surface area (Å²) in [5.74, 6) is -2.51. The normalized spacial score (nSPS) is 11.7. The number of rotatable bonds is 10. The van der Waals surface area contributed by atoms with Crippen LogP contribution in [0.15, 0.2) is 42.5 Å². The van der Waals surface area contributed by atoms with Gasteiger partial charge in [-0.05, 0) is 42.7 Å². The average Bonchev–Trinajstić information content (AvgIpc) is 2.75. The van der Waals surface area contributed by atoms with Crippen LogP contribution in [0.5, 0.6) is 0 Å². The fraction of sp³-hybridized carbons (Fsp3) is 0.333. The lowest BCUT2D eigenvalue weighted by Gasteiger charge is -2.23.